The number of carbonyl (C=O) groups excluding carboxylic acids is 1. The van der Waals surface area contributed by atoms with Gasteiger partial charge >= 0.3 is 0 Å². The number of rotatable bonds is 5. The van der Waals surface area contributed by atoms with Gasteiger partial charge in [-0.25, -0.2) is 8.42 Å². The third-order valence-electron chi connectivity index (χ3n) is 5.20. The van der Waals surface area contributed by atoms with Crippen LogP contribution in [0, 0.1) is 5.92 Å². The summed E-state index contributed by atoms with van der Waals surface area (Å²) in [5.74, 6) is 0.460. The van der Waals surface area contributed by atoms with E-state index in [4.69, 9.17) is 4.42 Å². The Hall–Kier alpha value is -2.64. The van der Waals surface area contributed by atoms with Crippen LogP contribution in [0.5, 0.6) is 0 Å². The number of nitrogens with zero attached hydrogens (tertiary/aromatic N) is 1. The SMILES string of the molecule is O=C(NCc1ccco1)C1CCN(S(=O)(=O)c2ccc3ccccc3c2)CC1. The van der Waals surface area contributed by atoms with E-state index >= 15 is 0 Å². The second kappa shape index (κ2) is 7.77. The average molecular weight is 398 g/mol. The van der Waals surface area contributed by atoms with Crippen molar-refractivity contribution in [1.82, 2.24) is 9.62 Å². The Morgan fingerprint density at radius 1 is 1.04 bits per heavy atom. The molecule has 0 saturated carbocycles. The maximum atomic E-state index is 13.0. The molecule has 1 amide bonds. The van der Waals surface area contributed by atoms with E-state index in [1.807, 2.05) is 30.3 Å². The summed E-state index contributed by atoms with van der Waals surface area (Å²) in [5.41, 5.74) is 0. The van der Waals surface area contributed by atoms with Crippen molar-refractivity contribution < 1.29 is 17.6 Å². The molecule has 4 rings (SSSR count). The molecule has 6 nitrogen and oxygen atoms in total. The fourth-order valence-electron chi connectivity index (χ4n) is 3.57. The van der Waals surface area contributed by atoms with Crippen molar-refractivity contribution in [3.63, 3.8) is 0 Å². The lowest BCUT2D eigenvalue weighted by Gasteiger charge is -2.30. The summed E-state index contributed by atoms with van der Waals surface area (Å²) in [7, 11) is -3.56. The predicted octanol–water partition coefficient (Wildman–Crippen LogP) is 3.15. The fourth-order valence-corrected chi connectivity index (χ4v) is 5.07. The fraction of sp³-hybridized carbons (Fsp3) is 0.286. The van der Waals surface area contributed by atoms with Crippen LogP contribution in [-0.4, -0.2) is 31.7 Å². The molecule has 0 spiro atoms. The van der Waals surface area contributed by atoms with Crippen LogP contribution in [0.25, 0.3) is 10.8 Å². The number of nitrogens with one attached hydrogen (secondary N) is 1. The van der Waals surface area contributed by atoms with Gasteiger partial charge in [0, 0.05) is 19.0 Å². The van der Waals surface area contributed by atoms with E-state index < -0.39 is 10.0 Å². The van der Waals surface area contributed by atoms with Crippen molar-refractivity contribution in [2.75, 3.05) is 13.1 Å². The van der Waals surface area contributed by atoms with Crippen LogP contribution in [0.2, 0.25) is 0 Å². The number of piperidine rings is 1. The molecule has 3 aromatic rings. The maximum Gasteiger partial charge on any atom is 0.243 e. The predicted molar refractivity (Wildman–Crippen MR) is 106 cm³/mol. The van der Waals surface area contributed by atoms with Gasteiger partial charge in [0.25, 0.3) is 0 Å². The summed E-state index contributed by atoms with van der Waals surface area (Å²) in [4.78, 5) is 12.6. The first-order valence-corrected chi connectivity index (χ1v) is 10.8. The Balaban J connectivity index is 1.39. The number of hydrogen-bond donors (Lipinski definition) is 1. The number of benzene rings is 2. The standard InChI is InChI=1S/C21H22N2O4S/c24-21(22-15-19-6-3-13-27-19)17-9-11-23(12-10-17)28(25,26)20-8-7-16-4-1-2-5-18(16)14-20/h1-8,13-14,17H,9-12,15H2,(H,22,24). The van der Waals surface area contributed by atoms with E-state index in [0.29, 0.717) is 43.1 Å². The Labute approximate surface area is 164 Å². The van der Waals surface area contributed by atoms with Crippen LogP contribution in [0.3, 0.4) is 0 Å². The van der Waals surface area contributed by atoms with Crippen LogP contribution >= 0.6 is 0 Å². The lowest BCUT2D eigenvalue weighted by Crippen LogP contribution is -2.42. The lowest BCUT2D eigenvalue weighted by atomic mass is 9.97. The van der Waals surface area contributed by atoms with E-state index in [1.54, 1.807) is 30.5 Å². The highest BCUT2D eigenvalue weighted by atomic mass is 32.2. The molecular weight excluding hydrogens is 376 g/mol. The number of fused-ring (bicyclic) bond motifs is 1. The molecule has 1 fully saturated rings. The second-order valence-corrected chi connectivity index (χ2v) is 8.92. The van der Waals surface area contributed by atoms with Crippen LogP contribution < -0.4 is 5.32 Å². The highest BCUT2D eigenvalue weighted by molar-refractivity contribution is 7.89. The van der Waals surface area contributed by atoms with Crippen molar-refractivity contribution in [2.24, 2.45) is 5.92 Å². The third kappa shape index (κ3) is 3.81. The molecule has 1 N–H and O–H groups in total. The van der Waals surface area contributed by atoms with Gasteiger partial charge in [-0.2, -0.15) is 4.31 Å². The van der Waals surface area contributed by atoms with Gasteiger partial charge in [-0.1, -0.05) is 30.3 Å². The normalized spacial score (nSPS) is 16.3. The van der Waals surface area contributed by atoms with E-state index in [-0.39, 0.29) is 11.8 Å². The molecule has 146 valence electrons. The molecule has 1 aliphatic rings. The van der Waals surface area contributed by atoms with E-state index in [2.05, 4.69) is 5.32 Å². The molecule has 0 unspecified atom stereocenters. The summed E-state index contributed by atoms with van der Waals surface area (Å²) >= 11 is 0. The first-order chi connectivity index (χ1) is 13.5. The summed E-state index contributed by atoms with van der Waals surface area (Å²) in [6, 6.07) is 16.5. The minimum Gasteiger partial charge on any atom is -0.467 e. The van der Waals surface area contributed by atoms with Gasteiger partial charge in [0.15, 0.2) is 0 Å². The zero-order valence-corrected chi connectivity index (χ0v) is 16.2. The Kier molecular flexibility index (Phi) is 5.19. The van der Waals surface area contributed by atoms with Gasteiger partial charge in [-0.3, -0.25) is 4.79 Å². The van der Waals surface area contributed by atoms with Crippen molar-refractivity contribution >= 4 is 26.7 Å². The van der Waals surface area contributed by atoms with Gasteiger partial charge in [0.2, 0.25) is 15.9 Å². The van der Waals surface area contributed by atoms with Gasteiger partial charge in [-0.15, -0.1) is 0 Å². The second-order valence-electron chi connectivity index (χ2n) is 6.98. The quantitative estimate of drug-likeness (QED) is 0.716. The highest BCUT2D eigenvalue weighted by Crippen LogP contribution is 2.26. The first-order valence-electron chi connectivity index (χ1n) is 9.33. The Morgan fingerprint density at radius 3 is 2.50 bits per heavy atom. The zero-order chi connectivity index (χ0) is 19.6. The van der Waals surface area contributed by atoms with Gasteiger partial charge in [-0.05, 0) is 47.9 Å². The molecule has 0 aliphatic carbocycles. The van der Waals surface area contributed by atoms with Gasteiger partial charge < -0.3 is 9.73 Å². The number of hydrogen-bond acceptors (Lipinski definition) is 4. The zero-order valence-electron chi connectivity index (χ0n) is 15.4. The van der Waals surface area contributed by atoms with Crippen LogP contribution in [0.15, 0.2) is 70.2 Å². The molecular formula is C21H22N2O4S. The van der Waals surface area contributed by atoms with E-state index in [1.165, 1.54) is 4.31 Å². The highest BCUT2D eigenvalue weighted by Gasteiger charge is 2.32. The van der Waals surface area contributed by atoms with Crippen LogP contribution in [-0.2, 0) is 21.4 Å². The number of sulfonamides is 1. The van der Waals surface area contributed by atoms with E-state index in [9.17, 15) is 13.2 Å². The minimum absolute atomic E-state index is 0.0563. The molecule has 0 bridgehead atoms. The van der Waals surface area contributed by atoms with Crippen molar-refractivity contribution in [3.8, 4) is 0 Å². The first kappa shape index (κ1) is 18.7. The molecule has 0 radical (unpaired) electrons. The monoisotopic (exact) mass is 398 g/mol. The maximum absolute atomic E-state index is 13.0. The smallest absolute Gasteiger partial charge is 0.243 e. The third-order valence-corrected chi connectivity index (χ3v) is 7.10. The van der Waals surface area contributed by atoms with Crippen molar-refractivity contribution in [2.45, 2.75) is 24.3 Å². The largest absolute Gasteiger partial charge is 0.467 e. The summed E-state index contributed by atoms with van der Waals surface area (Å²) in [6.07, 6.45) is 2.59. The number of carbonyl (C=O) groups is 1. The molecule has 1 aliphatic heterocycles. The Bertz CT molecular complexity index is 1070. The molecule has 28 heavy (non-hydrogen) atoms. The molecule has 7 heteroatoms. The molecule has 0 atom stereocenters. The van der Waals surface area contributed by atoms with Crippen molar-refractivity contribution in [3.05, 3.63) is 66.6 Å². The summed E-state index contributed by atoms with van der Waals surface area (Å²) in [6.45, 7) is 1.03. The van der Waals surface area contributed by atoms with Gasteiger partial charge in [0.1, 0.15) is 5.76 Å². The summed E-state index contributed by atoms with van der Waals surface area (Å²) in [5, 5.41) is 4.77. The number of furan rings is 1. The number of amides is 1. The topological polar surface area (TPSA) is 79.6 Å². The van der Waals surface area contributed by atoms with E-state index in [0.717, 1.165) is 10.8 Å². The molecule has 1 saturated heterocycles. The molecule has 1 aromatic heterocycles. The van der Waals surface area contributed by atoms with Crippen molar-refractivity contribution in [1.29, 1.82) is 0 Å². The van der Waals surface area contributed by atoms with Crippen LogP contribution in [0.4, 0.5) is 0 Å². The Morgan fingerprint density at radius 2 is 1.79 bits per heavy atom. The molecule has 2 aromatic carbocycles. The lowest BCUT2D eigenvalue weighted by molar-refractivity contribution is -0.126. The van der Waals surface area contributed by atoms with Gasteiger partial charge in [0.05, 0.1) is 17.7 Å². The molecule has 2 heterocycles. The van der Waals surface area contributed by atoms with Crippen LogP contribution in [0.1, 0.15) is 18.6 Å². The average Bonchev–Trinajstić information content (AvgIpc) is 3.25. The minimum atomic E-state index is -3.56. The summed E-state index contributed by atoms with van der Waals surface area (Å²) < 4.78 is 32.7.